The first-order valence-electron chi connectivity index (χ1n) is 8.57. The molecule has 0 aliphatic carbocycles. The third kappa shape index (κ3) is 4.59. The molecule has 2 aromatic rings. The van der Waals surface area contributed by atoms with Crippen LogP contribution in [0.2, 0.25) is 0 Å². The molecule has 1 aliphatic heterocycles. The van der Waals surface area contributed by atoms with Crippen molar-refractivity contribution in [2.75, 3.05) is 26.2 Å². The molecule has 1 heterocycles. The molecule has 1 atom stereocenters. The topological polar surface area (TPSA) is 50.4 Å². The summed E-state index contributed by atoms with van der Waals surface area (Å²) in [6.45, 7) is 2.83. The van der Waals surface area contributed by atoms with E-state index in [0.717, 1.165) is 36.5 Å². The number of carbonyl (C=O) groups excluding carboxylic acids is 1. The van der Waals surface area contributed by atoms with E-state index in [9.17, 15) is 4.79 Å². The number of ether oxygens (including phenoxy) is 1. The number of amides is 1. The quantitative estimate of drug-likeness (QED) is 0.859. The Morgan fingerprint density at radius 1 is 1.12 bits per heavy atom. The summed E-state index contributed by atoms with van der Waals surface area (Å²) in [5, 5.41) is 6.34. The molecule has 2 N–H and O–H groups in total. The maximum Gasteiger partial charge on any atom is 0.257 e. The average Bonchev–Trinajstić information content (AvgIpc) is 2.66. The van der Waals surface area contributed by atoms with Gasteiger partial charge in [-0.05, 0) is 43.5 Å². The first-order chi connectivity index (χ1) is 11.8. The number of hydrogen-bond donors (Lipinski definition) is 2. The van der Waals surface area contributed by atoms with E-state index in [2.05, 4.69) is 10.6 Å². The van der Waals surface area contributed by atoms with Gasteiger partial charge in [-0.3, -0.25) is 4.79 Å². The Morgan fingerprint density at radius 2 is 1.92 bits per heavy atom. The molecule has 1 fully saturated rings. The van der Waals surface area contributed by atoms with Gasteiger partial charge in [0.25, 0.3) is 5.91 Å². The van der Waals surface area contributed by atoms with Crippen LogP contribution in [-0.2, 0) is 4.79 Å². The van der Waals surface area contributed by atoms with Crippen LogP contribution in [-0.4, -0.2) is 32.1 Å². The number of nitrogens with one attached hydrogen (secondary N) is 2. The van der Waals surface area contributed by atoms with Gasteiger partial charge in [-0.15, -0.1) is 0 Å². The van der Waals surface area contributed by atoms with Crippen molar-refractivity contribution in [2.24, 2.45) is 5.92 Å². The van der Waals surface area contributed by atoms with Gasteiger partial charge in [-0.1, -0.05) is 48.5 Å². The summed E-state index contributed by atoms with van der Waals surface area (Å²) in [7, 11) is 0. The number of rotatable bonds is 6. The summed E-state index contributed by atoms with van der Waals surface area (Å²) < 4.78 is 5.77. The minimum Gasteiger partial charge on any atom is -0.483 e. The van der Waals surface area contributed by atoms with Crippen molar-refractivity contribution >= 4 is 5.91 Å². The predicted octanol–water partition coefficient (Wildman–Crippen LogP) is 2.85. The molecule has 0 spiro atoms. The highest BCUT2D eigenvalue weighted by Gasteiger charge is 2.14. The molecule has 1 saturated heterocycles. The van der Waals surface area contributed by atoms with E-state index in [4.69, 9.17) is 4.74 Å². The summed E-state index contributed by atoms with van der Waals surface area (Å²) >= 11 is 0. The van der Waals surface area contributed by atoms with Gasteiger partial charge in [-0.2, -0.15) is 0 Å². The van der Waals surface area contributed by atoms with Crippen LogP contribution >= 0.6 is 0 Å². The molecule has 0 bridgehead atoms. The Bertz CT molecular complexity index is 652. The third-order valence-corrected chi connectivity index (χ3v) is 4.32. The van der Waals surface area contributed by atoms with Crippen molar-refractivity contribution in [1.82, 2.24) is 10.6 Å². The van der Waals surface area contributed by atoms with Gasteiger partial charge in [0.05, 0.1) is 0 Å². The predicted molar refractivity (Wildman–Crippen MR) is 96.0 cm³/mol. The number of carbonyl (C=O) groups is 1. The minimum atomic E-state index is -0.0663. The molecule has 0 aromatic heterocycles. The Balaban J connectivity index is 1.54. The van der Waals surface area contributed by atoms with Gasteiger partial charge in [0.15, 0.2) is 6.61 Å². The molecule has 0 radical (unpaired) electrons. The van der Waals surface area contributed by atoms with Crippen LogP contribution in [0.5, 0.6) is 5.75 Å². The molecule has 4 nitrogen and oxygen atoms in total. The number of piperidine rings is 1. The van der Waals surface area contributed by atoms with Crippen LogP contribution in [0, 0.1) is 5.92 Å². The lowest BCUT2D eigenvalue weighted by molar-refractivity contribution is -0.123. The maximum absolute atomic E-state index is 12.1. The molecule has 24 heavy (non-hydrogen) atoms. The third-order valence-electron chi connectivity index (χ3n) is 4.32. The summed E-state index contributed by atoms with van der Waals surface area (Å²) in [5.41, 5.74) is 2.09. The minimum absolute atomic E-state index is 0.0456. The molecule has 2 aromatic carbocycles. The lowest BCUT2D eigenvalue weighted by Gasteiger charge is -2.22. The van der Waals surface area contributed by atoms with E-state index in [1.807, 2.05) is 54.6 Å². The normalized spacial score (nSPS) is 17.2. The molecule has 126 valence electrons. The number of hydrogen-bond acceptors (Lipinski definition) is 3. The van der Waals surface area contributed by atoms with E-state index in [1.165, 1.54) is 12.8 Å². The zero-order chi connectivity index (χ0) is 16.6. The van der Waals surface area contributed by atoms with Crippen LogP contribution in [0.3, 0.4) is 0 Å². The lowest BCUT2D eigenvalue weighted by Crippen LogP contribution is -2.39. The van der Waals surface area contributed by atoms with Crippen LogP contribution in [0.1, 0.15) is 12.8 Å². The van der Waals surface area contributed by atoms with E-state index >= 15 is 0 Å². The molecule has 1 unspecified atom stereocenters. The fourth-order valence-electron chi connectivity index (χ4n) is 3.00. The summed E-state index contributed by atoms with van der Waals surface area (Å²) in [6, 6.07) is 17.9. The van der Waals surface area contributed by atoms with Gasteiger partial charge >= 0.3 is 0 Å². The SMILES string of the molecule is O=C(COc1ccccc1-c1ccccc1)NCC1CCCNC1. The Hall–Kier alpha value is -2.33. The highest BCUT2D eigenvalue weighted by molar-refractivity contribution is 5.78. The van der Waals surface area contributed by atoms with Gasteiger partial charge in [0.2, 0.25) is 0 Å². The van der Waals surface area contributed by atoms with Crippen molar-refractivity contribution in [1.29, 1.82) is 0 Å². The second-order valence-corrected chi connectivity index (χ2v) is 6.17. The molecule has 0 saturated carbocycles. The fourth-order valence-corrected chi connectivity index (χ4v) is 3.00. The van der Waals surface area contributed by atoms with Gasteiger partial charge < -0.3 is 15.4 Å². The van der Waals surface area contributed by atoms with Gasteiger partial charge in [0.1, 0.15) is 5.75 Å². The van der Waals surface area contributed by atoms with E-state index in [-0.39, 0.29) is 12.5 Å². The Labute approximate surface area is 143 Å². The molecular weight excluding hydrogens is 300 g/mol. The summed E-state index contributed by atoms with van der Waals surface area (Å²) in [4.78, 5) is 12.1. The van der Waals surface area contributed by atoms with Crippen molar-refractivity contribution < 1.29 is 9.53 Å². The van der Waals surface area contributed by atoms with Crippen LogP contribution in [0.25, 0.3) is 11.1 Å². The zero-order valence-corrected chi connectivity index (χ0v) is 13.8. The maximum atomic E-state index is 12.1. The monoisotopic (exact) mass is 324 g/mol. The lowest BCUT2D eigenvalue weighted by atomic mass is 10.00. The first-order valence-corrected chi connectivity index (χ1v) is 8.57. The van der Waals surface area contributed by atoms with Crippen molar-refractivity contribution in [3.63, 3.8) is 0 Å². The average molecular weight is 324 g/mol. The van der Waals surface area contributed by atoms with Crippen molar-refractivity contribution in [2.45, 2.75) is 12.8 Å². The van der Waals surface area contributed by atoms with Crippen LogP contribution in [0.4, 0.5) is 0 Å². The van der Waals surface area contributed by atoms with E-state index < -0.39 is 0 Å². The second-order valence-electron chi connectivity index (χ2n) is 6.17. The number of benzene rings is 2. The molecule has 1 aliphatic rings. The van der Waals surface area contributed by atoms with Gasteiger partial charge in [0, 0.05) is 12.1 Å². The van der Waals surface area contributed by atoms with Crippen molar-refractivity contribution in [3.8, 4) is 16.9 Å². The van der Waals surface area contributed by atoms with Crippen molar-refractivity contribution in [3.05, 3.63) is 54.6 Å². The second kappa shape index (κ2) is 8.50. The molecule has 3 rings (SSSR count). The molecular formula is C20H24N2O2. The number of para-hydroxylation sites is 1. The highest BCUT2D eigenvalue weighted by atomic mass is 16.5. The van der Waals surface area contributed by atoms with Crippen LogP contribution in [0.15, 0.2) is 54.6 Å². The standard InChI is InChI=1S/C20H24N2O2/c23-20(22-14-16-7-6-12-21-13-16)15-24-19-11-5-4-10-18(19)17-8-2-1-3-9-17/h1-5,8-11,16,21H,6-7,12-15H2,(H,22,23). The zero-order valence-electron chi connectivity index (χ0n) is 13.8. The highest BCUT2D eigenvalue weighted by Crippen LogP contribution is 2.29. The first kappa shape index (κ1) is 16.5. The summed E-state index contributed by atoms with van der Waals surface area (Å²) in [6.07, 6.45) is 2.35. The Kier molecular flexibility index (Phi) is 5.85. The van der Waals surface area contributed by atoms with Gasteiger partial charge in [-0.25, -0.2) is 0 Å². The van der Waals surface area contributed by atoms with E-state index in [0.29, 0.717) is 5.92 Å². The van der Waals surface area contributed by atoms with Crippen LogP contribution < -0.4 is 15.4 Å². The molecule has 1 amide bonds. The molecule has 4 heteroatoms. The Morgan fingerprint density at radius 3 is 2.71 bits per heavy atom. The summed E-state index contributed by atoms with van der Waals surface area (Å²) in [5.74, 6) is 1.20. The fraction of sp³-hybridized carbons (Fsp3) is 0.350. The largest absolute Gasteiger partial charge is 0.483 e. The smallest absolute Gasteiger partial charge is 0.257 e. The van der Waals surface area contributed by atoms with E-state index in [1.54, 1.807) is 0 Å².